The van der Waals surface area contributed by atoms with Crippen LogP contribution in [-0.2, 0) is 6.42 Å². The van der Waals surface area contributed by atoms with Gasteiger partial charge in [0.15, 0.2) is 11.5 Å². The standard InChI is InChI=1S/C24H27FN4O5/c1-28(24(30)19-14-22(33-2)23(34-3)15-21(19)29(31)32)12-6-4-5-7-18-13-20(27-26-18)16-8-10-17(25)11-9-16/h8-11,13-15H,4-7,12H2,1-3H3,(H,26,27). The van der Waals surface area contributed by atoms with E-state index in [9.17, 15) is 19.3 Å². The van der Waals surface area contributed by atoms with Gasteiger partial charge in [-0.05, 0) is 49.6 Å². The quantitative estimate of drug-likeness (QED) is 0.249. The number of hydrogen-bond donors (Lipinski definition) is 1. The van der Waals surface area contributed by atoms with Crippen molar-refractivity contribution in [3.63, 3.8) is 0 Å². The molecule has 1 amide bonds. The Morgan fingerprint density at radius 2 is 1.76 bits per heavy atom. The number of nitro benzene ring substituents is 1. The SMILES string of the molecule is COc1cc(C(=O)N(C)CCCCCc2cc(-c3ccc(F)cc3)n[nH]2)c([N+](=O)[O-])cc1OC. The van der Waals surface area contributed by atoms with E-state index in [4.69, 9.17) is 9.47 Å². The predicted molar refractivity (Wildman–Crippen MR) is 125 cm³/mol. The molecule has 1 heterocycles. The van der Waals surface area contributed by atoms with Gasteiger partial charge in [0.2, 0.25) is 0 Å². The van der Waals surface area contributed by atoms with Gasteiger partial charge in [-0.25, -0.2) is 4.39 Å². The zero-order valence-corrected chi connectivity index (χ0v) is 19.3. The fraction of sp³-hybridized carbons (Fsp3) is 0.333. The number of aryl methyl sites for hydroxylation is 1. The number of hydrogen-bond acceptors (Lipinski definition) is 6. The van der Waals surface area contributed by atoms with Crippen LogP contribution in [0.2, 0.25) is 0 Å². The van der Waals surface area contributed by atoms with Crippen LogP contribution in [0.4, 0.5) is 10.1 Å². The number of H-pyrrole nitrogens is 1. The van der Waals surface area contributed by atoms with Gasteiger partial charge in [0, 0.05) is 30.9 Å². The molecule has 0 radical (unpaired) electrons. The Balaban J connectivity index is 1.52. The minimum absolute atomic E-state index is 0.0454. The molecule has 180 valence electrons. The first-order valence-corrected chi connectivity index (χ1v) is 10.8. The Morgan fingerprint density at radius 3 is 2.41 bits per heavy atom. The van der Waals surface area contributed by atoms with E-state index in [0.717, 1.165) is 42.6 Å². The Bertz CT molecular complexity index is 1150. The maximum Gasteiger partial charge on any atom is 0.286 e. The smallest absolute Gasteiger partial charge is 0.286 e. The summed E-state index contributed by atoms with van der Waals surface area (Å²) in [6.45, 7) is 0.453. The molecule has 3 rings (SSSR count). The highest BCUT2D eigenvalue weighted by molar-refractivity contribution is 5.99. The summed E-state index contributed by atoms with van der Waals surface area (Å²) in [6.07, 6.45) is 3.26. The van der Waals surface area contributed by atoms with Gasteiger partial charge in [0.25, 0.3) is 11.6 Å². The van der Waals surface area contributed by atoms with Crippen molar-refractivity contribution in [3.05, 3.63) is 69.7 Å². The van der Waals surface area contributed by atoms with Gasteiger partial charge in [-0.3, -0.25) is 20.0 Å². The van der Waals surface area contributed by atoms with Crippen LogP contribution in [0, 0.1) is 15.9 Å². The first-order valence-electron chi connectivity index (χ1n) is 10.8. The van der Waals surface area contributed by atoms with Gasteiger partial charge >= 0.3 is 0 Å². The zero-order chi connectivity index (χ0) is 24.7. The van der Waals surface area contributed by atoms with Gasteiger partial charge in [0.05, 0.1) is 30.9 Å². The summed E-state index contributed by atoms with van der Waals surface area (Å²) in [4.78, 5) is 25.2. The minimum Gasteiger partial charge on any atom is -0.493 e. The van der Waals surface area contributed by atoms with E-state index < -0.39 is 10.8 Å². The third-order valence-corrected chi connectivity index (χ3v) is 5.49. The maximum atomic E-state index is 13.1. The number of benzene rings is 2. The molecule has 0 atom stereocenters. The second-order valence-corrected chi connectivity index (χ2v) is 7.80. The van der Waals surface area contributed by atoms with Crippen LogP contribution in [0.15, 0.2) is 42.5 Å². The van der Waals surface area contributed by atoms with Crippen LogP contribution >= 0.6 is 0 Å². The van der Waals surface area contributed by atoms with Crippen molar-refractivity contribution in [3.8, 4) is 22.8 Å². The molecule has 0 bridgehead atoms. The summed E-state index contributed by atoms with van der Waals surface area (Å²) in [5.74, 6) is -0.298. The number of aromatic amines is 1. The summed E-state index contributed by atoms with van der Waals surface area (Å²) in [6, 6.07) is 10.7. The average molecular weight is 471 g/mol. The van der Waals surface area contributed by atoms with Crippen LogP contribution in [0.5, 0.6) is 11.5 Å². The van der Waals surface area contributed by atoms with Crippen molar-refractivity contribution in [2.45, 2.75) is 25.7 Å². The van der Waals surface area contributed by atoms with Gasteiger partial charge in [0.1, 0.15) is 11.4 Å². The summed E-state index contributed by atoms with van der Waals surface area (Å²) in [5, 5.41) is 18.7. The van der Waals surface area contributed by atoms with E-state index in [-0.39, 0.29) is 28.6 Å². The van der Waals surface area contributed by atoms with Crippen molar-refractivity contribution in [1.29, 1.82) is 0 Å². The van der Waals surface area contributed by atoms with Crippen LogP contribution in [0.1, 0.15) is 35.3 Å². The van der Waals surface area contributed by atoms with Gasteiger partial charge in [-0.15, -0.1) is 0 Å². The second kappa shape index (κ2) is 11.3. The third kappa shape index (κ3) is 5.89. The predicted octanol–water partition coefficient (Wildman–Crippen LogP) is 4.63. The lowest BCUT2D eigenvalue weighted by Gasteiger charge is -2.18. The number of methoxy groups -OCH3 is 2. The monoisotopic (exact) mass is 470 g/mol. The molecule has 34 heavy (non-hydrogen) atoms. The van der Waals surface area contributed by atoms with Crippen molar-refractivity contribution >= 4 is 11.6 Å². The molecule has 0 fully saturated rings. The highest BCUT2D eigenvalue weighted by Crippen LogP contribution is 2.35. The summed E-state index contributed by atoms with van der Waals surface area (Å²) in [7, 11) is 4.40. The molecule has 2 aromatic carbocycles. The Morgan fingerprint density at radius 1 is 1.09 bits per heavy atom. The third-order valence-electron chi connectivity index (χ3n) is 5.49. The van der Waals surface area contributed by atoms with Crippen molar-refractivity contribution < 1.29 is 23.6 Å². The number of nitrogens with one attached hydrogen (secondary N) is 1. The van der Waals surface area contributed by atoms with Crippen molar-refractivity contribution in [1.82, 2.24) is 15.1 Å². The number of ether oxygens (including phenoxy) is 2. The van der Waals surface area contributed by atoms with Crippen LogP contribution in [0.3, 0.4) is 0 Å². The number of carbonyl (C=O) groups excluding carboxylic acids is 1. The molecule has 0 aliphatic carbocycles. The molecule has 1 N–H and O–H groups in total. The molecule has 3 aromatic rings. The highest BCUT2D eigenvalue weighted by Gasteiger charge is 2.26. The summed E-state index contributed by atoms with van der Waals surface area (Å²) in [5.41, 5.74) is 2.21. The van der Waals surface area contributed by atoms with E-state index in [1.54, 1.807) is 19.2 Å². The number of carbonyl (C=O) groups is 1. The Hall–Kier alpha value is -3.95. The topological polar surface area (TPSA) is 111 Å². The second-order valence-electron chi connectivity index (χ2n) is 7.80. The fourth-order valence-electron chi connectivity index (χ4n) is 3.60. The van der Waals surface area contributed by atoms with Crippen molar-refractivity contribution in [2.24, 2.45) is 0 Å². The number of rotatable bonds is 11. The molecule has 10 heteroatoms. The number of amides is 1. The first-order chi connectivity index (χ1) is 16.3. The Labute approximate surface area is 196 Å². The number of halogens is 1. The number of unbranched alkanes of at least 4 members (excludes halogenated alkanes) is 2. The molecule has 9 nitrogen and oxygen atoms in total. The zero-order valence-electron chi connectivity index (χ0n) is 19.3. The molecule has 0 saturated heterocycles. The van der Waals surface area contributed by atoms with Gasteiger partial charge in [-0.1, -0.05) is 6.42 Å². The molecule has 0 spiro atoms. The van der Waals surface area contributed by atoms with E-state index in [1.807, 2.05) is 6.07 Å². The van der Waals surface area contributed by atoms with Crippen LogP contribution in [-0.4, -0.2) is 53.7 Å². The minimum atomic E-state index is -0.604. The highest BCUT2D eigenvalue weighted by atomic mass is 19.1. The number of nitrogens with zero attached hydrogens (tertiary/aromatic N) is 3. The maximum absolute atomic E-state index is 13.1. The van der Waals surface area contributed by atoms with Gasteiger partial charge < -0.3 is 14.4 Å². The molecular weight excluding hydrogens is 443 g/mol. The molecule has 1 aromatic heterocycles. The Kier molecular flexibility index (Phi) is 8.18. The molecule has 0 unspecified atom stereocenters. The molecule has 0 aliphatic rings. The first kappa shape index (κ1) is 24.7. The lowest BCUT2D eigenvalue weighted by molar-refractivity contribution is -0.385. The van der Waals surface area contributed by atoms with Crippen LogP contribution in [0.25, 0.3) is 11.3 Å². The lowest BCUT2D eigenvalue weighted by atomic mass is 10.1. The lowest BCUT2D eigenvalue weighted by Crippen LogP contribution is -2.28. The largest absolute Gasteiger partial charge is 0.493 e. The molecule has 0 aliphatic heterocycles. The fourth-order valence-corrected chi connectivity index (χ4v) is 3.60. The van der Waals surface area contributed by atoms with Crippen LogP contribution < -0.4 is 9.47 Å². The van der Waals surface area contributed by atoms with E-state index >= 15 is 0 Å². The summed E-state index contributed by atoms with van der Waals surface area (Å²) >= 11 is 0. The van der Waals surface area contributed by atoms with Crippen molar-refractivity contribution in [2.75, 3.05) is 27.8 Å². The number of aromatic nitrogens is 2. The molecular formula is C24H27FN4O5. The van der Waals surface area contributed by atoms with E-state index in [2.05, 4.69) is 10.2 Å². The van der Waals surface area contributed by atoms with Gasteiger partial charge in [-0.2, -0.15) is 5.10 Å². The molecule has 0 saturated carbocycles. The normalized spacial score (nSPS) is 10.7. The van der Waals surface area contributed by atoms with E-state index in [0.29, 0.717) is 6.54 Å². The van der Waals surface area contributed by atoms with E-state index in [1.165, 1.54) is 43.4 Å². The number of nitro groups is 1. The summed E-state index contributed by atoms with van der Waals surface area (Å²) < 4.78 is 23.4. The average Bonchev–Trinajstić information content (AvgIpc) is 3.31.